The third kappa shape index (κ3) is 5.08. The Morgan fingerprint density at radius 1 is 0.788 bits per heavy atom. The third-order valence-corrected chi connectivity index (χ3v) is 9.35. The van der Waals surface area contributed by atoms with Crippen LogP contribution in [0.2, 0.25) is 0 Å². The van der Waals surface area contributed by atoms with Crippen LogP contribution in [0.15, 0.2) is 109 Å². The van der Waals surface area contributed by atoms with Crippen molar-refractivity contribution in [1.82, 2.24) is 9.88 Å². The molecular weight excluding hydrogens is 419 g/mol. The summed E-state index contributed by atoms with van der Waals surface area (Å²) in [4.78, 5) is 7.79. The number of pyridine rings is 1. The lowest BCUT2D eigenvalue weighted by Crippen LogP contribution is -2.36. The molecule has 0 unspecified atom stereocenters. The Hall–Kier alpha value is -2.80. The van der Waals surface area contributed by atoms with Gasteiger partial charge in [-0.2, -0.15) is 0 Å². The molecule has 5 rings (SSSR count). The molecule has 0 radical (unpaired) electrons. The molecule has 0 spiro atoms. The van der Waals surface area contributed by atoms with Gasteiger partial charge in [0.2, 0.25) is 0 Å². The Balaban J connectivity index is 1.39. The van der Waals surface area contributed by atoms with Gasteiger partial charge in [-0.15, -0.1) is 0 Å². The minimum absolute atomic E-state index is 0.310. The molecule has 33 heavy (non-hydrogen) atoms. The van der Waals surface area contributed by atoms with Gasteiger partial charge >= 0.3 is 0 Å². The Kier molecular flexibility index (Phi) is 6.95. The summed E-state index contributed by atoms with van der Waals surface area (Å²) < 4.78 is 0. The first-order valence-corrected chi connectivity index (χ1v) is 13.5. The maximum Gasteiger partial charge on any atom is 0.0706 e. The fraction of sp³-hybridized carbons (Fsp3) is 0.233. The number of benzene rings is 3. The van der Waals surface area contributed by atoms with Crippen LogP contribution in [0.4, 0.5) is 0 Å². The molecule has 0 aliphatic carbocycles. The molecule has 2 nitrogen and oxygen atoms in total. The summed E-state index contributed by atoms with van der Waals surface area (Å²) in [6, 6.07) is 40.1. The van der Waals surface area contributed by atoms with Crippen LogP contribution >= 0.6 is 7.92 Å². The average Bonchev–Trinajstić information content (AvgIpc) is 3.37. The van der Waals surface area contributed by atoms with Gasteiger partial charge in [0.15, 0.2) is 0 Å². The van der Waals surface area contributed by atoms with E-state index in [4.69, 9.17) is 4.98 Å². The van der Waals surface area contributed by atoms with Crippen molar-refractivity contribution in [2.75, 3.05) is 12.7 Å². The number of likely N-dealkylation sites (tertiary alicyclic amines) is 1. The maximum atomic E-state index is 5.08. The van der Waals surface area contributed by atoms with Crippen molar-refractivity contribution < 1.29 is 0 Å². The molecule has 2 atom stereocenters. The predicted molar refractivity (Wildman–Crippen MR) is 142 cm³/mol. The fourth-order valence-corrected chi connectivity index (χ4v) is 7.57. The van der Waals surface area contributed by atoms with Gasteiger partial charge in [-0.25, -0.2) is 0 Å². The molecule has 1 aliphatic rings. The van der Waals surface area contributed by atoms with E-state index in [0.29, 0.717) is 12.1 Å². The average molecular weight is 451 g/mol. The van der Waals surface area contributed by atoms with Gasteiger partial charge < -0.3 is 0 Å². The predicted octanol–water partition coefficient (Wildman–Crippen LogP) is 6.41. The van der Waals surface area contributed by atoms with E-state index >= 15 is 0 Å². The van der Waals surface area contributed by atoms with Crippen molar-refractivity contribution in [2.45, 2.75) is 31.8 Å². The standard InChI is InChI=1S/C30H31N2P/c1-24(29-20-11-21-30(31-29)25-13-5-2-6-14-25)32-22-12-15-26(32)23-33(27-16-7-3-8-17-27)28-18-9-4-10-19-28/h2-11,13-14,16-21,24,26H,12,15,22-23H2,1H3/t24-,26-/m0/s1. The monoisotopic (exact) mass is 450 g/mol. The highest BCUT2D eigenvalue weighted by molar-refractivity contribution is 7.73. The lowest BCUT2D eigenvalue weighted by atomic mass is 10.1. The summed E-state index contributed by atoms with van der Waals surface area (Å²) in [5.41, 5.74) is 3.42. The van der Waals surface area contributed by atoms with E-state index in [1.54, 1.807) is 0 Å². The number of aromatic nitrogens is 1. The van der Waals surface area contributed by atoms with Gasteiger partial charge in [0, 0.05) is 17.6 Å². The first-order chi connectivity index (χ1) is 16.3. The van der Waals surface area contributed by atoms with Crippen molar-refractivity contribution in [3.8, 4) is 11.3 Å². The molecule has 1 aliphatic heterocycles. The summed E-state index contributed by atoms with van der Waals surface area (Å²) in [5.74, 6) is 0. The lowest BCUT2D eigenvalue weighted by Gasteiger charge is -2.33. The first-order valence-electron chi connectivity index (χ1n) is 12.0. The van der Waals surface area contributed by atoms with Crippen LogP contribution in [-0.4, -0.2) is 28.6 Å². The van der Waals surface area contributed by atoms with Gasteiger partial charge in [-0.05, 0) is 63.1 Å². The lowest BCUT2D eigenvalue weighted by molar-refractivity contribution is 0.203. The Morgan fingerprint density at radius 2 is 1.39 bits per heavy atom. The minimum Gasteiger partial charge on any atom is -0.292 e. The number of nitrogens with zero attached hydrogens (tertiary/aromatic N) is 2. The van der Waals surface area contributed by atoms with Crippen molar-refractivity contribution in [1.29, 1.82) is 0 Å². The summed E-state index contributed by atoms with van der Waals surface area (Å²) in [5, 5.41) is 2.95. The molecular formula is C30H31N2P. The van der Waals surface area contributed by atoms with Crippen LogP contribution in [0.25, 0.3) is 11.3 Å². The Morgan fingerprint density at radius 3 is 2.03 bits per heavy atom. The molecule has 0 bridgehead atoms. The van der Waals surface area contributed by atoms with Gasteiger partial charge in [-0.1, -0.05) is 97.1 Å². The van der Waals surface area contributed by atoms with Gasteiger partial charge in [0.05, 0.1) is 11.4 Å². The SMILES string of the molecule is C[C@@H](c1cccc(-c2ccccc2)n1)N1CCC[C@H]1CP(c1ccccc1)c1ccccc1. The van der Waals surface area contributed by atoms with Crippen LogP contribution < -0.4 is 10.6 Å². The molecule has 1 aromatic heterocycles. The van der Waals surface area contributed by atoms with Crippen LogP contribution in [0, 0.1) is 0 Å². The molecule has 1 fully saturated rings. The zero-order chi connectivity index (χ0) is 22.5. The highest BCUT2D eigenvalue weighted by Crippen LogP contribution is 2.40. The van der Waals surface area contributed by atoms with Crippen LogP contribution in [0.3, 0.4) is 0 Å². The largest absolute Gasteiger partial charge is 0.292 e. The second-order valence-corrected chi connectivity index (χ2v) is 11.1. The minimum atomic E-state index is -0.387. The van der Waals surface area contributed by atoms with E-state index in [1.807, 2.05) is 0 Å². The molecule has 1 saturated heterocycles. The first kappa shape index (κ1) is 22.0. The second kappa shape index (κ2) is 10.4. The van der Waals surface area contributed by atoms with E-state index in [9.17, 15) is 0 Å². The zero-order valence-corrected chi connectivity index (χ0v) is 20.1. The molecule has 3 aromatic carbocycles. The van der Waals surface area contributed by atoms with Crippen molar-refractivity contribution in [3.05, 3.63) is 115 Å². The normalized spacial score (nSPS) is 17.3. The number of rotatable bonds is 7. The van der Waals surface area contributed by atoms with Crippen molar-refractivity contribution in [3.63, 3.8) is 0 Å². The highest BCUT2D eigenvalue weighted by Gasteiger charge is 2.32. The maximum absolute atomic E-state index is 5.08. The summed E-state index contributed by atoms with van der Waals surface area (Å²) in [6.45, 7) is 3.48. The van der Waals surface area contributed by atoms with E-state index in [2.05, 4.69) is 121 Å². The van der Waals surface area contributed by atoms with Gasteiger partial charge in [0.1, 0.15) is 0 Å². The summed E-state index contributed by atoms with van der Waals surface area (Å²) >= 11 is 0. The topological polar surface area (TPSA) is 16.1 Å². The Bertz CT molecular complexity index is 1110. The number of hydrogen-bond donors (Lipinski definition) is 0. The molecule has 0 amide bonds. The molecule has 0 N–H and O–H groups in total. The highest BCUT2D eigenvalue weighted by atomic mass is 31.1. The van der Waals surface area contributed by atoms with Crippen molar-refractivity contribution >= 4 is 18.5 Å². The molecule has 4 aromatic rings. The summed E-state index contributed by atoms with van der Waals surface area (Å²) in [6.07, 6.45) is 3.73. The molecule has 166 valence electrons. The van der Waals surface area contributed by atoms with E-state index in [0.717, 1.165) is 12.2 Å². The summed E-state index contributed by atoms with van der Waals surface area (Å²) in [7, 11) is -0.387. The van der Waals surface area contributed by atoms with Crippen LogP contribution in [0.5, 0.6) is 0 Å². The smallest absolute Gasteiger partial charge is 0.0706 e. The second-order valence-electron chi connectivity index (χ2n) is 8.81. The van der Waals surface area contributed by atoms with Crippen LogP contribution in [-0.2, 0) is 0 Å². The van der Waals surface area contributed by atoms with Crippen LogP contribution in [0.1, 0.15) is 31.5 Å². The van der Waals surface area contributed by atoms with Crippen molar-refractivity contribution in [2.24, 2.45) is 0 Å². The van der Waals surface area contributed by atoms with Gasteiger partial charge in [-0.3, -0.25) is 9.88 Å². The quantitative estimate of drug-likeness (QED) is 0.303. The third-order valence-electron chi connectivity index (χ3n) is 6.72. The molecule has 0 saturated carbocycles. The van der Waals surface area contributed by atoms with Gasteiger partial charge in [0.25, 0.3) is 0 Å². The fourth-order valence-electron chi connectivity index (χ4n) is 4.97. The zero-order valence-electron chi connectivity index (χ0n) is 19.2. The van der Waals surface area contributed by atoms with E-state index in [-0.39, 0.29) is 7.92 Å². The molecule has 3 heteroatoms. The Labute approximate surface area is 199 Å². The number of hydrogen-bond acceptors (Lipinski definition) is 2. The van der Waals surface area contributed by atoms with E-state index < -0.39 is 0 Å². The molecule has 2 heterocycles. The van der Waals surface area contributed by atoms with E-state index in [1.165, 1.54) is 40.9 Å².